The Hall–Kier alpha value is -1.67. The van der Waals surface area contributed by atoms with Crippen molar-refractivity contribution >= 4 is 17.4 Å². The molecule has 92 valence electrons. The van der Waals surface area contributed by atoms with Gasteiger partial charge in [-0.3, -0.25) is 4.79 Å². The van der Waals surface area contributed by atoms with Crippen molar-refractivity contribution in [3.8, 4) is 0 Å². The van der Waals surface area contributed by atoms with E-state index < -0.39 is 5.82 Å². The van der Waals surface area contributed by atoms with Crippen LogP contribution in [0.15, 0.2) is 36.4 Å². The van der Waals surface area contributed by atoms with Gasteiger partial charge in [-0.2, -0.15) is 0 Å². The quantitative estimate of drug-likeness (QED) is 0.737. The number of benzene rings is 2. The Bertz CT molecular complexity index is 620. The van der Waals surface area contributed by atoms with Gasteiger partial charge in [0.25, 0.3) is 0 Å². The molecule has 0 amide bonds. The summed E-state index contributed by atoms with van der Waals surface area (Å²) in [5, 5.41) is 0.137. The third kappa shape index (κ3) is 2.44. The second kappa shape index (κ2) is 4.91. The number of aryl methyl sites for hydroxylation is 2. The van der Waals surface area contributed by atoms with Crippen molar-refractivity contribution in [2.24, 2.45) is 0 Å². The van der Waals surface area contributed by atoms with Crippen LogP contribution in [0.5, 0.6) is 0 Å². The second-order valence-electron chi connectivity index (χ2n) is 4.25. The summed E-state index contributed by atoms with van der Waals surface area (Å²) in [6.45, 7) is 3.92. The first-order valence-corrected chi connectivity index (χ1v) is 5.94. The summed E-state index contributed by atoms with van der Waals surface area (Å²) in [6, 6.07) is 9.26. The van der Waals surface area contributed by atoms with Gasteiger partial charge in [0.1, 0.15) is 5.82 Å². The summed E-state index contributed by atoms with van der Waals surface area (Å²) in [5.41, 5.74) is 3.05. The highest BCUT2D eigenvalue weighted by Crippen LogP contribution is 2.21. The van der Waals surface area contributed by atoms with Crippen molar-refractivity contribution in [1.29, 1.82) is 0 Å². The van der Waals surface area contributed by atoms with Crippen molar-refractivity contribution in [2.45, 2.75) is 13.8 Å². The fourth-order valence-electron chi connectivity index (χ4n) is 1.71. The minimum absolute atomic E-state index is 0.137. The molecule has 0 bridgehead atoms. The smallest absolute Gasteiger partial charge is 0.194 e. The van der Waals surface area contributed by atoms with Crippen LogP contribution in [0.2, 0.25) is 5.02 Å². The van der Waals surface area contributed by atoms with Gasteiger partial charge >= 0.3 is 0 Å². The molecule has 0 saturated heterocycles. The number of carbonyl (C=O) groups excluding carboxylic acids is 1. The Labute approximate surface area is 110 Å². The van der Waals surface area contributed by atoms with Gasteiger partial charge in [-0.15, -0.1) is 0 Å². The van der Waals surface area contributed by atoms with E-state index >= 15 is 0 Å². The normalized spacial score (nSPS) is 10.4. The number of hydrogen-bond donors (Lipinski definition) is 0. The third-order valence-electron chi connectivity index (χ3n) is 2.94. The van der Waals surface area contributed by atoms with Crippen LogP contribution >= 0.6 is 11.6 Å². The van der Waals surface area contributed by atoms with E-state index in [0.29, 0.717) is 11.1 Å². The minimum atomic E-state index is -0.448. The Morgan fingerprint density at radius 2 is 1.78 bits per heavy atom. The van der Waals surface area contributed by atoms with Crippen LogP contribution in [0.3, 0.4) is 0 Å². The average Bonchev–Trinajstić information content (AvgIpc) is 2.32. The molecule has 2 aromatic rings. The van der Waals surface area contributed by atoms with Crippen molar-refractivity contribution in [3.63, 3.8) is 0 Å². The molecule has 1 nitrogen and oxygen atoms in total. The van der Waals surface area contributed by atoms with E-state index in [4.69, 9.17) is 11.6 Å². The highest BCUT2D eigenvalue weighted by molar-refractivity contribution is 6.35. The van der Waals surface area contributed by atoms with Gasteiger partial charge in [0.2, 0.25) is 0 Å². The predicted octanol–water partition coefficient (Wildman–Crippen LogP) is 4.33. The first-order valence-electron chi connectivity index (χ1n) is 5.56. The highest BCUT2D eigenvalue weighted by Gasteiger charge is 2.13. The maximum atomic E-state index is 12.9. The molecule has 0 aliphatic rings. The fraction of sp³-hybridized carbons (Fsp3) is 0.133. The number of ketones is 1. The Kier molecular flexibility index (Phi) is 3.48. The lowest BCUT2D eigenvalue weighted by molar-refractivity contribution is 0.103. The summed E-state index contributed by atoms with van der Waals surface area (Å²) in [6.07, 6.45) is 0. The van der Waals surface area contributed by atoms with Crippen molar-refractivity contribution in [1.82, 2.24) is 0 Å². The van der Waals surface area contributed by atoms with E-state index in [9.17, 15) is 9.18 Å². The molecule has 0 aliphatic heterocycles. The van der Waals surface area contributed by atoms with Gasteiger partial charge in [-0.05, 0) is 49.2 Å². The molecule has 18 heavy (non-hydrogen) atoms. The molecule has 0 atom stereocenters. The van der Waals surface area contributed by atoms with Gasteiger partial charge in [0.05, 0.1) is 5.02 Å². The van der Waals surface area contributed by atoms with E-state index in [0.717, 1.165) is 17.2 Å². The Balaban J connectivity index is 2.44. The molecule has 0 radical (unpaired) electrons. The Morgan fingerprint density at radius 3 is 2.39 bits per heavy atom. The summed E-state index contributed by atoms with van der Waals surface area (Å²) in [7, 11) is 0. The molecule has 2 aromatic carbocycles. The molecular formula is C15H12ClFO. The molecule has 2 rings (SSSR count). The van der Waals surface area contributed by atoms with Gasteiger partial charge in [-0.1, -0.05) is 23.7 Å². The molecule has 0 aliphatic carbocycles. The van der Waals surface area contributed by atoms with E-state index in [1.807, 2.05) is 26.0 Å². The van der Waals surface area contributed by atoms with Crippen LogP contribution in [0, 0.1) is 19.7 Å². The zero-order valence-electron chi connectivity index (χ0n) is 10.1. The molecule has 0 saturated carbocycles. The van der Waals surface area contributed by atoms with Gasteiger partial charge < -0.3 is 0 Å². The summed E-state index contributed by atoms with van der Waals surface area (Å²) < 4.78 is 12.9. The number of halogens is 2. The molecule has 0 aromatic heterocycles. The molecule has 0 fully saturated rings. The second-order valence-corrected chi connectivity index (χ2v) is 4.66. The first-order chi connectivity index (χ1) is 8.49. The maximum absolute atomic E-state index is 12.9. The van der Waals surface area contributed by atoms with E-state index in [1.54, 1.807) is 6.07 Å². The van der Waals surface area contributed by atoms with Crippen LogP contribution < -0.4 is 0 Å². The molecule has 0 spiro atoms. The summed E-state index contributed by atoms with van der Waals surface area (Å²) in [4.78, 5) is 12.2. The minimum Gasteiger partial charge on any atom is -0.289 e. The van der Waals surface area contributed by atoms with E-state index in [2.05, 4.69) is 0 Å². The van der Waals surface area contributed by atoms with E-state index in [1.165, 1.54) is 12.1 Å². The number of rotatable bonds is 2. The summed E-state index contributed by atoms with van der Waals surface area (Å²) >= 11 is 5.88. The lowest BCUT2D eigenvalue weighted by Crippen LogP contribution is -2.03. The van der Waals surface area contributed by atoms with Gasteiger partial charge in [-0.25, -0.2) is 4.39 Å². The standard InChI is InChI=1S/C15H12ClFO/c1-9-3-4-11(7-10(9)2)15(18)13-6-5-12(17)8-14(13)16/h3-8H,1-2H3. The van der Waals surface area contributed by atoms with Crippen LogP contribution in [0.4, 0.5) is 4.39 Å². The number of carbonyl (C=O) groups is 1. The Morgan fingerprint density at radius 1 is 1.06 bits per heavy atom. The lowest BCUT2D eigenvalue weighted by atomic mass is 9.99. The summed E-state index contributed by atoms with van der Waals surface area (Å²) in [5.74, 6) is -0.639. The van der Waals surface area contributed by atoms with Crippen LogP contribution in [0.25, 0.3) is 0 Å². The third-order valence-corrected chi connectivity index (χ3v) is 3.26. The van der Waals surface area contributed by atoms with Crippen LogP contribution in [-0.2, 0) is 0 Å². The van der Waals surface area contributed by atoms with Crippen LogP contribution in [0.1, 0.15) is 27.0 Å². The highest BCUT2D eigenvalue weighted by atomic mass is 35.5. The largest absolute Gasteiger partial charge is 0.289 e. The van der Waals surface area contributed by atoms with Crippen molar-refractivity contribution < 1.29 is 9.18 Å². The maximum Gasteiger partial charge on any atom is 0.194 e. The van der Waals surface area contributed by atoms with Crippen molar-refractivity contribution in [3.05, 3.63) is 69.5 Å². The van der Waals surface area contributed by atoms with Crippen LogP contribution in [-0.4, -0.2) is 5.78 Å². The fourth-order valence-corrected chi connectivity index (χ4v) is 1.96. The molecular weight excluding hydrogens is 251 g/mol. The topological polar surface area (TPSA) is 17.1 Å². The average molecular weight is 263 g/mol. The monoisotopic (exact) mass is 262 g/mol. The zero-order chi connectivity index (χ0) is 13.3. The number of hydrogen-bond acceptors (Lipinski definition) is 1. The van der Waals surface area contributed by atoms with E-state index in [-0.39, 0.29) is 10.8 Å². The lowest BCUT2D eigenvalue weighted by Gasteiger charge is -2.06. The van der Waals surface area contributed by atoms with Gasteiger partial charge in [0, 0.05) is 11.1 Å². The molecule has 0 heterocycles. The molecule has 0 N–H and O–H groups in total. The van der Waals surface area contributed by atoms with Crippen molar-refractivity contribution in [2.75, 3.05) is 0 Å². The SMILES string of the molecule is Cc1ccc(C(=O)c2ccc(F)cc2Cl)cc1C. The zero-order valence-corrected chi connectivity index (χ0v) is 10.9. The molecule has 3 heteroatoms. The van der Waals surface area contributed by atoms with Gasteiger partial charge in [0.15, 0.2) is 5.78 Å². The molecule has 0 unspecified atom stereocenters. The first kappa shape index (κ1) is 12.8. The predicted molar refractivity (Wildman–Crippen MR) is 70.8 cm³/mol.